The van der Waals surface area contributed by atoms with E-state index in [-0.39, 0.29) is 5.91 Å². The van der Waals surface area contributed by atoms with E-state index in [1.54, 1.807) is 0 Å². The lowest BCUT2D eigenvalue weighted by atomic mass is 9.93. The van der Waals surface area contributed by atoms with Gasteiger partial charge in [-0.1, -0.05) is 18.2 Å². The van der Waals surface area contributed by atoms with Crippen molar-refractivity contribution >= 4 is 5.91 Å². The summed E-state index contributed by atoms with van der Waals surface area (Å²) in [6.07, 6.45) is 4.26. The van der Waals surface area contributed by atoms with E-state index >= 15 is 0 Å². The third kappa shape index (κ3) is 4.37. The summed E-state index contributed by atoms with van der Waals surface area (Å²) in [6, 6.07) is 6.68. The molecule has 2 heterocycles. The van der Waals surface area contributed by atoms with Gasteiger partial charge in [-0.2, -0.15) is 0 Å². The first-order valence-electron chi connectivity index (χ1n) is 9.23. The van der Waals surface area contributed by atoms with Crippen molar-refractivity contribution in [2.24, 2.45) is 5.92 Å². The zero-order valence-electron chi connectivity index (χ0n) is 15.4. The molecule has 0 N–H and O–H groups in total. The van der Waals surface area contributed by atoms with Gasteiger partial charge in [0.15, 0.2) is 0 Å². The van der Waals surface area contributed by atoms with Gasteiger partial charge in [-0.3, -0.25) is 9.69 Å². The Hall–Kier alpha value is -1.39. The SMILES string of the molecule is CN1Cc2ccc(CN(C)C(=O)CCC3CCCN(C)C3)cc2C1. The van der Waals surface area contributed by atoms with Crippen molar-refractivity contribution in [2.75, 3.05) is 34.2 Å². The standard InChI is InChI=1S/C20H31N3O/c1-21-10-4-5-16(12-21)7-9-20(24)23(3)13-17-6-8-18-14-22(2)15-19(18)11-17/h6,8,11,16H,4-5,7,9-10,12-15H2,1-3H3. The molecule has 24 heavy (non-hydrogen) atoms. The average molecular weight is 329 g/mol. The van der Waals surface area contributed by atoms with Crippen LogP contribution in [0.3, 0.4) is 0 Å². The number of hydrogen-bond donors (Lipinski definition) is 0. The van der Waals surface area contributed by atoms with Gasteiger partial charge in [0.05, 0.1) is 0 Å². The van der Waals surface area contributed by atoms with Crippen LogP contribution in [0.1, 0.15) is 42.4 Å². The van der Waals surface area contributed by atoms with Gasteiger partial charge in [0.25, 0.3) is 0 Å². The molecule has 0 bridgehead atoms. The largest absolute Gasteiger partial charge is 0.341 e. The maximum atomic E-state index is 12.5. The first-order valence-corrected chi connectivity index (χ1v) is 9.23. The number of amides is 1. The van der Waals surface area contributed by atoms with Gasteiger partial charge in [0, 0.05) is 39.6 Å². The molecule has 0 radical (unpaired) electrons. The molecule has 0 spiro atoms. The Balaban J connectivity index is 1.48. The van der Waals surface area contributed by atoms with Crippen LogP contribution in [-0.4, -0.2) is 54.8 Å². The number of rotatable bonds is 5. The van der Waals surface area contributed by atoms with Crippen molar-refractivity contribution in [1.29, 1.82) is 0 Å². The molecule has 1 fully saturated rings. The third-order valence-corrected chi connectivity index (χ3v) is 5.49. The van der Waals surface area contributed by atoms with Crippen molar-refractivity contribution in [3.8, 4) is 0 Å². The zero-order valence-corrected chi connectivity index (χ0v) is 15.4. The van der Waals surface area contributed by atoms with Crippen LogP contribution < -0.4 is 0 Å². The minimum Gasteiger partial charge on any atom is -0.341 e. The lowest BCUT2D eigenvalue weighted by molar-refractivity contribution is -0.130. The van der Waals surface area contributed by atoms with E-state index in [4.69, 9.17) is 0 Å². The van der Waals surface area contributed by atoms with Gasteiger partial charge in [-0.15, -0.1) is 0 Å². The van der Waals surface area contributed by atoms with Crippen LogP contribution in [0.5, 0.6) is 0 Å². The minimum atomic E-state index is 0.279. The van der Waals surface area contributed by atoms with Gasteiger partial charge >= 0.3 is 0 Å². The highest BCUT2D eigenvalue weighted by Crippen LogP contribution is 2.23. The second kappa shape index (κ2) is 7.66. The highest BCUT2D eigenvalue weighted by molar-refractivity contribution is 5.75. The van der Waals surface area contributed by atoms with Crippen molar-refractivity contribution < 1.29 is 4.79 Å². The summed E-state index contributed by atoms with van der Waals surface area (Å²) in [4.78, 5) is 19.1. The van der Waals surface area contributed by atoms with Crippen LogP contribution >= 0.6 is 0 Å². The number of fused-ring (bicyclic) bond motifs is 1. The van der Waals surface area contributed by atoms with Crippen molar-refractivity contribution in [1.82, 2.24) is 14.7 Å². The Morgan fingerprint density at radius 3 is 2.79 bits per heavy atom. The monoisotopic (exact) mass is 329 g/mol. The maximum absolute atomic E-state index is 12.5. The summed E-state index contributed by atoms with van der Waals surface area (Å²) >= 11 is 0. The Morgan fingerprint density at radius 1 is 1.21 bits per heavy atom. The summed E-state index contributed by atoms with van der Waals surface area (Å²) < 4.78 is 0. The molecule has 2 aliphatic heterocycles. The van der Waals surface area contributed by atoms with E-state index < -0.39 is 0 Å². The fourth-order valence-corrected chi connectivity index (χ4v) is 4.11. The van der Waals surface area contributed by atoms with Crippen LogP contribution in [0.15, 0.2) is 18.2 Å². The zero-order chi connectivity index (χ0) is 17.1. The van der Waals surface area contributed by atoms with E-state index in [1.807, 2.05) is 11.9 Å². The second-order valence-electron chi connectivity index (χ2n) is 7.83. The van der Waals surface area contributed by atoms with Crippen LogP contribution in [-0.2, 0) is 24.4 Å². The van der Waals surface area contributed by atoms with Crippen molar-refractivity contribution in [3.05, 3.63) is 34.9 Å². The smallest absolute Gasteiger partial charge is 0.222 e. The second-order valence-corrected chi connectivity index (χ2v) is 7.83. The van der Waals surface area contributed by atoms with Crippen LogP contribution in [0.4, 0.5) is 0 Å². The lowest BCUT2D eigenvalue weighted by Gasteiger charge is -2.30. The number of piperidine rings is 1. The fraction of sp³-hybridized carbons (Fsp3) is 0.650. The van der Waals surface area contributed by atoms with E-state index in [1.165, 1.54) is 36.1 Å². The van der Waals surface area contributed by atoms with Gasteiger partial charge in [-0.25, -0.2) is 0 Å². The summed E-state index contributed by atoms with van der Waals surface area (Å²) in [6.45, 7) is 5.14. The summed E-state index contributed by atoms with van der Waals surface area (Å²) in [5.74, 6) is 0.970. The quantitative estimate of drug-likeness (QED) is 0.831. The molecule has 1 aromatic carbocycles. The molecule has 1 unspecified atom stereocenters. The van der Waals surface area contributed by atoms with Crippen molar-refractivity contribution in [2.45, 2.75) is 45.3 Å². The first-order chi connectivity index (χ1) is 11.5. The summed E-state index contributed by atoms with van der Waals surface area (Å²) in [7, 11) is 6.28. The molecule has 2 aliphatic rings. The Bertz CT molecular complexity index is 586. The van der Waals surface area contributed by atoms with E-state index in [2.05, 4.69) is 42.1 Å². The Labute approximate surface area is 146 Å². The maximum Gasteiger partial charge on any atom is 0.222 e. The van der Waals surface area contributed by atoms with Crippen LogP contribution in [0, 0.1) is 5.92 Å². The number of carbonyl (C=O) groups excluding carboxylic acids is 1. The highest BCUT2D eigenvalue weighted by Gasteiger charge is 2.20. The predicted octanol–water partition coefficient (Wildman–Crippen LogP) is 2.71. The van der Waals surface area contributed by atoms with Gasteiger partial charge in [-0.05, 0) is 62.5 Å². The molecule has 1 saturated heterocycles. The predicted molar refractivity (Wildman–Crippen MR) is 97.5 cm³/mol. The Kier molecular flexibility index (Phi) is 5.57. The molecule has 0 aliphatic carbocycles. The summed E-state index contributed by atoms with van der Waals surface area (Å²) in [5, 5.41) is 0. The highest BCUT2D eigenvalue weighted by atomic mass is 16.2. The van der Waals surface area contributed by atoms with Gasteiger partial charge < -0.3 is 9.80 Å². The molecule has 3 rings (SSSR count). The van der Waals surface area contributed by atoms with E-state index in [0.717, 1.165) is 32.6 Å². The molecular formula is C20H31N3O. The van der Waals surface area contributed by atoms with Gasteiger partial charge in [0.2, 0.25) is 5.91 Å². The Morgan fingerprint density at radius 2 is 2.00 bits per heavy atom. The molecule has 132 valence electrons. The molecule has 0 saturated carbocycles. The fourth-order valence-electron chi connectivity index (χ4n) is 4.11. The third-order valence-electron chi connectivity index (χ3n) is 5.49. The van der Waals surface area contributed by atoms with Crippen molar-refractivity contribution in [3.63, 3.8) is 0 Å². The van der Waals surface area contributed by atoms with Crippen LogP contribution in [0.25, 0.3) is 0 Å². The molecule has 1 aromatic rings. The van der Waals surface area contributed by atoms with E-state index in [9.17, 15) is 4.79 Å². The van der Waals surface area contributed by atoms with Gasteiger partial charge in [0.1, 0.15) is 0 Å². The summed E-state index contributed by atoms with van der Waals surface area (Å²) in [5.41, 5.74) is 4.09. The average Bonchev–Trinajstić information content (AvgIpc) is 2.92. The van der Waals surface area contributed by atoms with Crippen LogP contribution in [0.2, 0.25) is 0 Å². The number of hydrogen-bond acceptors (Lipinski definition) is 3. The molecule has 0 aromatic heterocycles. The van der Waals surface area contributed by atoms with E-state index in [0.29, 0.717) is 12.3 Å². The molecule has 4 heteroatoms. The number of likely N-dealkylation sites (tertiary alicyclic amines) is 1. The lowest BCUT2D eigenvalue weighted by Crippen LogP contribution is -2.33. The first kappa shape index (κ1) is 17.4. The topological polar surface area (TPSA) is 26.8 Å². The number of nitrogens with zero attached hydrogens (tertiary/aromatic N) is 3. The molecule has 4 nitrogen and oxygen atoms in total. The normalized spacial score (nSPS) is 21.7. The molecule has 1 atom stereocenters. The minimum absolute atomic E-state index is 0.279. The molecule has 1 amide bonds. The number of benzene rings is 1. The molecular weight excluding hydrogens is 298 g/mol. The number of carbonyl (C=O) groups is 1.